The third-order valence-corrected chi connectivity index (χ3v) is 5.81. The second-order valence-corrected chi connectivity index (χ2v) is 7.20. The Morgan fingerprint density at radius 2 is 1.75 bits per heavy atom. The Hall–Kier alpha value is -0.810. The van der Waals surface area contributed by atoms with Gasteiger partial charge >= 0.3 is 0 Å². The molecular formula is C18H34ClN3O2. The fourth-order valence-corrected chi connectivity index (χ4v) is 4.25. The standard InChI is InChI=1S/C18H33N3O2.ClH/c1-3-20(4-2)17(23)15-9-8-12-21(15)16(22)13-18(14-19)10-6-5-7-11-18;/h15H,3-14,19H2,1-2H3;1H. The van der Waals surface area contributed by atoms with Gasteiger partial charge in [-0.05, 0) is 51.5 Å². The minimum atomic E-state index is -0.249. The van der Waals surface area contributed by atoms with E-state index in [0.717, 1.165) is 32.2 Å². The molecule has 140 valence electrons. The van der Waals surface area contributed by atoms with Crippen LogP contribution in [0.1, 0.15) is 65.2 Å². The van der Waals surface area contributed by atoms with Gasteiger partial charge in [0, 0.05) is 26.1 Å². The number of carbonyl (C=O) groups excluding carboxylic acids is 2. The van der Waals surface area contributed by atoms with Gasteiger partial charge in [0.05, 0.1) is 0 Å². The first-order valence-electron chi connectivity index (χ1n) is 9.35. The third kappa shape index (κ3) is 4.63. The Morgan fingerprint density at radius 1 is 1.12 bits per heavy atom. The summed E-state index contributed by atoms with van der Waals surface area (Å²) in [4.78, 5) is 29.2. The lowest BCUT2D eigenvalue weighted by atomic mass is 9.71. The Kier molecular flexibility index (Phi) is 8.51. The molecule has 24 heavy (non-hydrogen) atoms. The number of amides is 2. The SMILES string of the molecule is CCN(CC)C(=O)C1CCCN1C(=O)CC1(CN)CCCCC1.Cl. The molecule has 1 saturated heterocycles. The Bertz CT molecular complexity index is 420. The van der Waals surface area contributed by atoms with Crippen molar-refractivity contribution in [2.75, 3.05) is 26.2 Å². The summed E-state index contributed by atoms with van der Waals surface area (Å²) in [6, 6.07) is -0.249. The van der Waals surface area contributed by atoms with E-state index in [1.54, 1.807) is 0 Å². The van der Waals surface area contributed by atoms with Crippen LogP contribution in [0.3, 0.4) is 0 Å². The van der Waals surface area contributed by atoms with Gasteiger partial charge in [-0.25, -0.2) is 0 Å². The lowest BCUT2D eigenvalue weighted by Crippen LogP contribution is -2.49. The van der Waals surface area contributed by atoms with Gasteiger partial charge in [-0.3, -0.25) is 9.59 Å². The van der Waals surface area contributed by atoms with Crippen molar-refractivity contribution >= 4 is 24.2 Å². The van der Waals surface area contributed by atoms with Gasteiger partial charge in [-0.1, -0.05) is 19.3 Å². The van der Waals surface area contributed by atoms with Gasteiger partial charge in [0.25, 0.3) is 0 Å². The average Bonchev–Trinajstić information content (AvgIpc) is 3.06. The molecule has 0 aromatic carbocycles. The van der Waals surface area contributed by atoms with Gasteiger partial charge in [0.15, 0.2) is 0 Å². The van der Waals surface area contributed by atoms with E-state index in [9.17, 15) is 9.59 Å². The van der Waals surface area contributed by atoms with Gasteiger partial charge in [0.2, 0.25) is 11.8 Å². The van der Waals surface area contributed by atoms with E-state index < -0.39 is 0 Å². The Balaban J connectivity index is 0.00000288. The lowest BCUT2D eigenvalue weighted by Gasteiger charge is -2.38. The van der Waals surface area contributed by atoms with E-state index in [1.165, 1.54) is 19.3 Å². The Morgan fingerprint density at radius 3 is 2.29 bits per heavy atom. The van der Waals surface area contributed by atoms with Crippen molar-refractivity contribution in [1.29, 1.82) is 0 Å². The highest BCUT2D eigenvalue weighted by atomic mass is 35.5. The highest BCUT2D eigenvalue weighted by Crippen LogP contribution is 2.39. The summed E-state index contributed by atoms with van der Waals surface area (Å²) in [5.74, 6) is 0.256. The zero-order valence-electron chi connectivity index (χ0n) is 15.3. The van der Waals surface area contributed by atoms with Crippen LogP contribution in [0.2, 0.25) is 0 Å². The Labute approximate surface area is 152 Å². The van der Waals surface area contributed by atoms with E-state index in [1.807, 2.05) is 23.6 Å². The van der Waals surface area contributed by atoms with Crippen molar-refractivity contribution in [3.63, 3.8) is 0 Å². The maximum Gasteiger partial charge on any atom is 0.245 e. The highest BCUT2D eigenvalue weighted by Gasteiger charge is 2.40. The number of hydrogen-bond donors (Lipinski definition) is 1. The van der Waals surface area contributed by atoms with Gasteiger partial charge < -0.3 is 15.5 Å². The van der Waals surface area contributed by atoms with Crippen LogP contribution in [0.5, 0.6) is 0 Å². The molecule has 1 aliphatic carbocycles. The minimum Gasteiger partial charge on any atom is -0.341 e. The van der Waals surface area contributed by atoms with Crippen LogP contribution in [-0.4, -0.2) is 53.8 Å². The summed E-state index contributed by atoms with van der Waals surface area (Å²) in [5, 5.41) is 0. The van der Waals surface area contributed by atoms with Gasteiger partial charge in [0.1, 0.15) is 6.04 Å². The number of carbonyl (C=O) groups is 2. The van der Waals surface area contributed by atoms with E-state index in [4.69, 9.17) is 5.73 Å². The highest BCUT2D eigenvalue weighted by molar-refractivity contribution is 5.88. The van der Waals surface area contributed by atoms with E-state index in [0.29, 0.717) is 26.1 Å². The molecule has 2 aliphatic rings. The predicted molar refractivity (Wildman–Crippen MR) is 99.1 cm³/mol. The summed E-state index contributed by atoms with van der Waals surface area (Å²) in [5.41, 5.74) is 6.00. The quantitative estimate of drug-likeness (QED) is 0.792. The summed E-state index contributed by atoms with van der Waals surface area (Å²) >= 11 is 0. The fraction of sp³-hybridized carbons (Fsp3) is 0.889. The number of hydrogen-bond acceptors (Lipinski definition) is 3. The van der Waals surface area contributed by atoms with E-state index in [-0.39, 0.29) is 35.7 Å². The molecule has 2 fully saturated rings. The maximum absolute atomic E-state index is 12.9. The van der Waals surface area contributed by atoms with Crippen LogP contribution >= 0.6 is 12.4 Å². The molecule has 0 radical (unpaired) electrons. The summed E-state index contributed by atoms with van der Waals surface area (Å²) in [6.45, 7) is 6.71. The van der Waals surface area contributed by atoms with Crippen LogP contribution in [0.15, 0.2) is 0 Å². The second kappa shape index (κ2) is 9.62. The molecule has 1 saturated carbocycles. The average molecular weight is 360 g/mol. The second-order valence-electron chi connectivity index (χ2n) is 7.20. The van der Waals surface area contributed by atoms with Crippen molar-refractivity contribution in [1.82, 2.24) is 9.80 Å². The minimum absolute atomic E-state index is 0. The molecule has 6 heteroatoms. The number of nitrogens with zero attached hydrogens (tertiary/aromatic N) is 2. The first kappa shape index (κ1) is 21.2. The van der Waals surface area contributed by atoms with Crippen LogP contribution in [0.25, 0.3) is 0 Å². The number of halogens is 1. The zero-order valence-corrected chi connectivity index (χ0v) is 16.1. The molecule has 1 atom stereocenters. The monoisotopic (exact) mass is 359 g/mol. The van der Waals surface area contributed by atoms with Crippen LogP contribution in [0, 0.1) is 5.41 Å². The molecule has 1 aliphatic heterocycles. The van der Waals surface area contributed by atoms with Crippen LogP contribution in [0.4, 0.5) is 0 Å². The largest absolute Gasteiger partial charge is 0.341 e. The molecule has 2 N–H and O–H groups in total. The number of rotatable bonds is 6. The molecule has 0 aromatic heterocycles. The molecule has 0 bridgehead atoms. The molecule has 2 amide bonds. The predicted octanol–water partition coefficient (Wildman–Crippen LogP) is 2.57. The number of nitrogens with two attached hydrogens (primary N) is 1. The van der Waals surface area contributed by atoms with Crippen LogP contribution < -0.4 is 5.73 Å². The van der Waals surface area contributed by atoms with E-state index >= 15 is 0 Å². The fourth-order valence-electron chi connectivity index (χ4n) is 4.25. The first-order chi connectivity index (χ1) is 11.1. The topological polar surface area (TPSA) is 66.6 Å². The normalized spacial score (nSPS) is 22.8. The van der Waals surface area contributed by atoms with Crippen molar-refractivity contribution < 1.29 is 9.59 Å². The van der Waals surface area contributed by atoms with Crippen molar-refractivity contribution in [2.45, 2.75) is 71.3 Å². The number of likely N-dealkylation sites (tertiary alicyclic amines) is 1. The maximum atomic E-state index is 12.9. The van der Waals surface area contributed by atoms with Crippen molar-refractivity contribution in [3.8, 4) is 0 Å². The third-order valence-electron chi connectivity index (χ3n) is 5.81. The van der Waals surface area contributed by atoms with Gasteiger partial charge in [-0.15, -0.1) is 12.4 Å². The molecule has 0 spiro atoms. The summed E-state index contributed by atoms with van der Waals surface area (Å²) in [6.07, 6.45) is 7.96. The zero-order chi connectivity index (χ0) is 16.9. The lowest BCUT2D eigenvalue weighted by molar-refractivity contribution is -0.145. The first-order valence-corrected chi connectivity index (χ1v) is 9.35. The van der Waals surface area contributed by atoms with Crippen LogP contribution in [-0.2, 0) is 9.59 Å². The van der Waals surface area contributed by atoms with E-state index in [2.05, 4.69) is 0 Å². The molecule has 5 nitrogen and oxygen atoms in total. The van der Waals surface area contributed by atoms with Crippen molar-refractivity contribution in [2.24, 2.45) is 11.1 Å². The van der Waals surface area contributed by atoms with Crippen molar-refractivity contribution in [3.05, 3.63) is 0 Å². The summed E-state index contributed by atoms with van der Waals surface area (Å²) in [7, 11) is 0. The summed E-state index contributed by atoms with van der Waals surface area (Å²) < 4.78 is 0. The number of likely N-dealkylation sites (N-methyl/N-ethyl adjacent to an activating group) is 1. The smallest absolute Gasteiger partial charge is 0.245 e. The molecule has 1 unspecified atom stereocenters. The molecule has 1 heterocycles. The molecular weight excluding hydrogens is 326 g/mol. The van der Waals surface area contributed by atoms with Gasteiger partial charge in [-0.2, -0.15) is 0 Å². The molecule has 0 aromatic rings. The molecule has 2 rings (SSSR count).